The summed E-state index contributed by atoms with van der Waals surface area (Å²) in [6.45, 7) is 3.22. The van der Waals surface area contributed by atoms with Gasteiger partial charge in [-0.25, -0.2) is 0 Å². The maximum atomic E-state index is 12.9. The predicted molar refractivity (Wildman–Crippen MR) is 89.1 cm³/mol. The molecule has 2 atom stereocenters. The molecule has 2 aromatic heterocycles. The lowest BCUT2D eigenvalue weighted by molar-refractivity contribution is -0.129. The number of rotatable bonds is 4. The van der Waals surface area contributed by atoms with Gasteiger partial charge in [-0.2, -0.15) is 4.98 Å². The molecule has 1 aliphatic carbocycles. The summed E-state index contributed by atoms with van der Waals surface area (Å²) in [5, 5.41) is 3.96. The fourth-order valence-electron chi connectivity index (χ4n) is 4.33. The minimum Gasteiger partial charge on any atom is -0.495 e. The molecule has 1 saturated heterocycles. The Kier molecular flexibility index (Phi) is 3.94. The Morgan fingerprint density at radius 2 is 2.40 bits per heavy atom. The highest BCUT2D eigenvalue weighted by Crippen LogP contribution is 2.50. The highest BCUT2D eigenvalue weighted by Gasteiger charge is 2.55. The van der Waals surface area contributed by atoms with Crippen LogP contribution in [0.1, 0.15) is 36.7 Å². The molecule has 25 heavy (non-hydrogen) atoms. The number of aryl methyl sites for hydroxylation is 1. The summed E-state index contributed by atoms with van der Waals surface area (Å²) in [6.07, 6.45) is 5.17. The first-order valence-electron chi connectivity index (χ1n) is 8.69. The van der Waals surface area contributed by atoms with E-state index in [1.165, 1.54) is 0 Å². The number of hydrogen-bond donors (Lipinski definition) is 0. The Hall–Kier alpha value is -2.44. The van der Waals surface area contributed by atoms with Crippen LogP contribution < -0.4 is 4.74 Å². The molecule has 1 amide bonds. The van der Waals surface area contributed by atoms with E-state index in [4.69, 9.17) is 9.26 Å². The highest BCUT2D eigenvalue weighted by atomic mass is 16.5. The molecule has 132 valence electrons. The van der Waals surface area contributed by atoms with Crippen LogP contribution in [0.2, 0.25) is 0 Å². The van der Waals surface area contributed by atoms with Crippen molar-refractivity contribution in [3.05, 3.63) is 35.7 Å². The largest absolute Gasteiger partial charge is 0.495 e. The number of amides is 1. The van der Waals surface area contributed by atoms with Crippen LogP contribution in [-0.4, -0.2) is 46.1 Å². The smallest absolute Gasteiger partial charge is 0.234 e. The van der Waals surface area contributed by atoms with Crippen molar-refractivity contribution in [3.8, 4) is 5.75 Å². The third-order valence-electron chi connectivity index (χ3n) is 5.56. The maximum Gasteiger partial charge on any atom is 0.234 e. The van der Waals surface area contributed by atoms with Gasteiger partial charge in [-0.15, -0.1) is 0 Å². The van der Waals surface area contributed by atoms with E-state index in [1.54, 1.807) is 19.4 Å². The van der Waals surface area contributed by atoms with E-state index in [2.05, 4.69) is 15.1 Å². The van der Waals surface area contributed by atoms with Crippen molar-refractivity contribution in [2.75, 3.05) is 20.2 Å². The van der Waals surface area contributed by atoms with Crippen LogP contribution in [0, 0.1) is 12.8 Å². The van der Waals surface area contributed by atoms with E-state index < -0.39 is 0 Å². The average Bonchev–Trinajstić information content (AvgIpc) is 3.29. The Morgan fingerprint density at radius 1 is 1.52 bits per heavy atom. The fourth-order valence-corrected chi connectivity index (χ4v) is 4.33. The third kappa shape index (κ3) is 2.67. The molecule has 2 fully saturated rings. The van der Waals surface area contributed by atoms with E-state index in [1.807, 2.05) is 17.9 Å². The predicted octanol–water partition coefficient (Wildman–Crippen LogP) is 1.90. The van der Waals surface area contributed by atoms with E-state index in [0.717, 1.165) is 25.8 Å². The number of methoxy groups -OCH3 is 1. The van der Waals surface area contributed by atoms with Gasteiger partial charge in [0.2, 0.25) is 11.8 Å². The zero-order valence-corrected chi connectivity index (χ0v) is 14.6. The number of hydrogen-bond acceptors (Lipinski definition) is 6. The van der Waals surface area contributed by atoms with Crippen molar-refractivity contribution >= 4 is 5.91 Å². The lowest BCUT2D eigenvalue weighted by atomic mass is 9.80. The van der Waals surface area contributed by atoms with Gasteiger partial charge in [0.25, 0.3) is 0 Å². The molecule has 7 nitrogen and oxygen atoms in total. The van der Waals surface area contributed by atoms with E-state index in [9.17, 15) is 4.79 Å². The normalized spacial score (nSPS) is 25.2. The van der Waals surface area contributed by atoms with Gasteiger partial charge < -0.3 is 14.2 Å². The topological polar surface area (TPSA) is 81.4 Å². The molecule has 3 heterocycles. The molecule has 0 bridgehead atoms. The minimum absolute atomic E-state index is 0.0713. The lowest BCUT2D eigenvalue weighted by Gasteiger charge is -2.24. The van der Waals surface area contributed by atoms with Crippen LogP contribution >= 0.6 is 0 Å². The first kappa shape index (κ1) is 16.1. The minimum atomic E-state index is -0.175. The number of nitrogens with zero attached hydrogens (tertiary/aromatic N) is 4. The quantitative estimate of drug-likeness (QED) is 0.844. The van der Waals surface area contributed by atoms with Gasteiger partial charge in [-0.3, -0.25) is 9.78 Å². The van der Waals surface area contributed by atoms with Crippen molar-refractivity contribution in [1.29, 1.82) is 0 Å². The van der Waals surface area contributed by atoms with Crippen LogP contribution in [-0.2, 0) is 16.6 Å². The number of fused-ring (bicyclic) bond motifs is 1. The Balaban J connectivity index is 1.54. The fraction of sp³-hybridized carbons (Fsp3) is 0.556. The number of likely N-dealkylation sites (tertiary alicyclic amines) is 1. The highest BCUT2D eigenvalue weighted by molar-refractivity contribution is 5.79. The zero-order valence-electron chi connectivity index (χ0n) is 14.6. The SMILES string of the molecule is COc1cccnc1CC(=O)N1C[C@@H]2CCC[C@]2(c2nc(C)no2)C1. The number of carbonyl (C=O) groups excluding carboxylic acids is 1. The molecule has 2 aromatic rings. The molecule has 2 aliphatic rings. The first-order chi connectivity index (χ1) is 12.1. The van der Waals surface area contributed by atoms with Crippen LogP contribution in [0.3, 0.4) is 0 Å². The van der Waals surface area contributed by atoms with Crippen molar-refractivity contribution in [1.82, 2.24) is 20.0 Å². The standard InChI is InChI=1S/C18H22N4O3/c1-12-20-17(25-21-12)18-7-3-5-13(18)10-22(11-18)16(23)9-14-15(24-2)6-4-8-19-14/h4,6,8,13H,3,5,7,9-11H2,1-2H3/t13-,18-/m0/s1. The van der Waals surface area contributed by atoms with Crippen molar-refractivity contribution in [3.63, 3.8) is 0 Å². The summed E-state index contributed by atoms with van der Waals surface area (Å²) in [6, 6.07) is 3.64. The monoisotopic (exact) mass is 342 g/mol. The van der Waals surface area contributed by atoms with Crippen molar-refractivity contribution in [2.45, 2.75) is 38.0 Å². The van der Waals surface area contributed by atoms with Gasteiger partial charge in [0.1, 0.15) is 5.75 Å². The van der Waals surface area contributed by atoms with Crippen molar-refractivity contribution < 1.29 is 14.1 Å². The van der Waals surface area contributed by atoms with Gasteiger partial charge in [0.05, 0.1) is 24.6 Å². The Morgan fingerprint density at radius 3 is 3.16 bits per heavy atom. The molecule has 7 heteroatoms. The molecule has 1 saturated carbocycles. The molecule has 0 spiro atoms. The zero-order chi connectivity index (χ0) is 17.4. The average molecular weight is 342 g/mol. The van der Waals surface area contributed by atoms with Crippen LogP contribution in [0.15, 0.2) is 22.9 Å². The second kappa shape index (κ2) is 6.13. The molecule has 0 radical (unpaired) electrons. The van der Waals surface area contributed by atoms with Crippen LogP contribution in [0.4, 0.5) is 0 Å². The molecule has 1 aliphatic heterocycles. The third-order valence-corrected chi connectivity index (χ3v) is 5.56. The van der Waals surface area contributed by atoms with Crippen molar-refractivity contribution in [2.24, 2.45) is 5.92 Å². The van der Waals surface area contributed by atoms with Gasteiger partial charge >= 0.3 is 0 Å². The van der Waals surface area contributed by atoms with Gasteiger partial charge in [-0.1, -0.05) is 11.6 Å². The number of aromatic nitrogens is 3. The lowest BCUT2D eigenvalue weighted by Crippen LogP contribution is -2.35. The second-order valence-corrected chi connectivity index (χ2v) is 7.00. The Labute approximate surface area is 146 Å². The summed E-state index contributed by atoms with van der Waals surface area (Å²) in [7, 11) is 1.60. The molecular formula is C18H22N4O3. The molecule has 0 aromatic carbocycles. The van der Waals surface area contributed by atoms with Crippen LogP contribution in [0.25, 0.3) is 0 Å². The van der Waals surface area contributed by atoms with Gasteiger partial charge in [-0.05, 0) is 37.8 Å². The summed E-state index contributed by atoms with van der Waals surface area (Å²) in [5.41, 5.74) is 0.500. The number of ether oxygens (including phenoxy) is 1. The summed E-state index contributed by atoms with van der Waals surface area (Å²) < 4.78 is 10.8. The number of carbonyl (C=O) groups is 1. The van der Waals surface area contributed by atoms with Gasteiger partial charge in [0.15, 0.2) is 5.82 Å². The van der Waals surface area contributed by atoms with Crippen LogP contribution in [0.5, 0.6) is 5.75 Å². The molecular weight excluding hydrogens is 320 g/mol. The summed E-state index contributed by atoms with van der Waals surface area (Å²) in [5.74, 6) is 2.46. The molecule has 4 rings (SSSR count). The second-order valence-electron chi connectivity index (χ2n) is 7.00. The molecule has 0 N–H and O–H groups in total. The summed E-state index contributed by atoms with van der Waals surface area (Å²) >= 11 is 0. The number of pyridine rings is 1. The van der Waals surface area contributed by atoms with E-state index in [0.29, 0.717) is 35.6 Å². The Bertz CT molecular complexity index is 790. The van der Waals surface area contributed by atoms with Gasteiger partial charge in [0, 0.05) is 19.3 Å². The maximum absolute atomic E-state index is 12.9. The first-order valence-corrected chi connectivity index (χ1v) is 8.69. The molecule has 0 unspecified atom stereocenters. The summed E-state index contributed by atoms with van der Waals surface area (Å²) in [4.78, 5) is 23.6. The van der Waals surface area contributed by atoms with E-state index >= 15 is 0 Å². The van der Waals surface area contributed by atoms with E-state index in [-0.39, 0.29) is 17.7 Å².